The lowest BCUT2D eigenvalue weighted by Crippen LogP contribution is -2.43. The van der Waals surface area contributed by atoms with Crippen LogP contribution in [0.3, 0.4) is 0 Å². The van der Waals surface area contributed by atoms with Gasteiger partial charge >= 0.3 is 0 Å². The van der Waals surface area contributed by atoms with Gasteiger partial charge in [0.05, 0.1) is 29.5 Å². The van der Waals surface area contributed by atoms with Gasteiger partial charge < -0.3 is 9.64 Å². The third-order valence-electron chi connectivity index (χ3n) is 7.05. The molecule has 0 aliphatic carbocycles. The van der Waals surface area contributed by atoms with Crippen molar-refractivity contribution in [2.75, 3.05) is 37.4 Å². The maximum atomic E-state index is 13.7. The summed E-state index contributed by atoms with van der Waals surface area (Å²) in [5.74, 6) is 1.56. The minimum Gasteiger partial charge on any atom is -0.497 e. The number of hydrogen-bond donors (Lipinski definition) is 0. The number of amides is 2. The van der Waals surface area contributed by atoms with Gasteiger partial charge in [-0.15, -0.1) is 11.8 Å². The summed E-state index contributed by atoms with van der Waals surface area (Å²) in [4.78, 5) is 30.7. The quantitative estimate of drug-likeness (QED) is 0.325. The first-order chi connectivity index (χ1) is 18.6. The van der Waals surface area contributed by atoms with Crippen LogP contribution in [-0.2, 0) is 9.59 Å². The molecule has 0 saturated carbocycles. The number of hydrogen-bond acceptors (Lipinski definition) is 6. The first kappa shape index (κ1) is 24.8. The summed E-state index contributed by atoms with van der Waals surface area (Å²) in [7, 11) is 1.63. The predicted molar refractivity (Wildman–Crippen MR) is 152 cm³/mol. The van der Waals surface area contributed by atoms with Crippen LogP contribution in [-0.4, -0.2) is 59.0 Å². The second-order valence-electron chi connectivity index (χ2n) is 9.38. The molecule has 2 amide bonds. The number of carbonyl (C=O) groups excluding carboxylic acids is 2. The van der Waals surface area contributed by atoms with E-state index in [2.05, 4.69) is 16.8 Å². The highest BCUT2D eigenvalue weighted by molar-refractivity contribution is 8.00. The molecule has 1 fully saturated rings. The molecular weight excluding hydrogens is 516 g/mol. The van der Waals surface area contributed by atoms with Gasteiger partial charge in [0.2, 0.25) is 11.8 Å². The van der Waals surface area contributed by atoms with Gasteiger partial charge in [0.25, 0.3) is 0 Å². The second kappa shape index (κ2) is 10.7. The van der Waals surface area contributed by atoms with Crippen LogP contribution in [0.5, 0.6) is 5.75 Å². The molecule has 0 unspecified atom stereocenters. The van der Waals surface area contributed by atoms with Crippen LogP contribution in [0.1, 0.15) is 29.2 Å². The second-order valence-corrected chi connectivity index (χ2v) is 11.3. The van der Waals surface area contributed by atoms with Crippen LogP contribution in [0.25, 0.3) is 16.9 Å². The fraction of sp³-hybridized carbons (Fsp3) is 0.276. The molecule has 0 N–H and O–H groups in total. The van der Waals surface area contributed by atoms with Gasteiger partial charge in [0.15, 0.2) is 0 Å². The summed E-state index contributed by atoms with van der Waals surface area (Å²) < 4.78 is 7.21. The summed E-state index contributed by atoms with van der Waals surface area (Å²) in [6, 6.07) is 19.8. The van der Waals surface area contributed by atoms with Gasteiger partial charge in [0, 0.05) is 24.2 Å². The van der Waals surface area contributed by atoms with Gasteiger partial charge in [-0.3, -0.25) is 14.5 Å². The molecule has 2 aliphatic heterocycles. The Kier molecular flexibility index (Phi) is 6.95. The number of nitrogens with zero attached hydrogens (tertiary/aromatic N) is 4. The molecule has 2 aromatic carbocycles. The van der Waals surface area contributed by atoms with Gasteiger partial charge in [-0.25, -0.2) is 4.68 Å². The van der Waals surface area contributed by atoms with Crippen LogP contribution < -0.4 is 9.64 Å². The zero-order chi connectivity index (χ0) is 26.1. The Morgan fingerprint density at radius 2 is 1.82 bits per heavy atom. The van der Waals surface area contributed by atoms with Crippen LogP contribution >= 0.6 is 23.1 Å². The number of anilines is 1. The lowest BCUT2D eigenvalue weighted by atomic mass is 10.0. The molecule has 0 spiro atoms. The molecule has 7 nitrogen and oxygen atoms in total. The van der Waals surface area contributed by atoms with E-state index in [-0.39, 0.29) is 29.4 Å². The number of benzene rings is 2. The fourth-order valence-electron chi connectivity index (χ4n) is 5.12. The van der Waals surface area contributed by atoms with Crippen LogP contribution in [0.15, 0.2) is 71.4 Å². The molecule has 6 rings (SSSR count). The highest BCUT2D eigenvalue weighted by Gasteiger charge is 2.38. The number of aromatic nitrogens is 2. The number of likely N-dealkylation sites (tertiary alicyclic amines) is 1. The van der Waals surface area contributed by atoms with E-state index in [1.54, 1.807) is 35.1 Å². The van der Waals surface area contributed by atoms with Crippen LogP contribution in [0.2, 0.25) is 0 Å². The van der Waals surface area contributed by atoms with E-state index in [9.17, 15) is 9.59 Å². The number of carbonyl (C=O) groups is 2. The minimum atomic E-state index is -0.103. The maximum absolute atomic E-state index is 13.7. The molecule has 1 saturated heterocycles. The number of fused-ring (bicyclic) bond motifs is 1. The largest absolute Gasteiger partial charge is 0.497 e. The van der Waals surface area contributed by atoms with Crippen molar-refractivity contribution in [3.63, 3.8) is 0 Å². The SMILES string of the molecule is COc1ccc(-n2nc(-c3ccccc3)c3c2N(CC(=O)N2CCCC2)C(=O)CS[C@@H]3c2ccsc2)cc1. The Labute approximate surface area is 230 Å². The monoisotopic (exact) mass is 544 g/mol. The summed E-state index contributed by atoms with van der Waals surface area (Å²) in [6.45, 7) is 1.48. The van der Waals surface area contributed by atoms with Crippen molar-refractivity contribution in [2.24, 2.45) is 0 Å². The maximum Gasteiger partial charge on any atom is 0.242 e. The highest BCUT2D eigenvalue weighted by atomic mass is 32.2. The zero-order valence-corrected chi connectivity index (χ0v) is 22.7. The van der Waals surface area contributed by atoms with Gasteiger partial charge in [-0.2, -0.15) is 16.4 Å². The molecule has 2 aliphatic rings. The number of thioether (sulfide) groups is 1. The van der Waals surface area contributed by atoms with Crippen molar-refractivity contribution in [1.82, 2.24) is 14.7 Å². The molecular formula is C29H28N4O3S2. The summed E-state index contributed by atoms with van der Waals surface area (Å²) in [5, 5.41) is 9.22. The van der Waals surface area contributed by atoms with Crippen molar-refractivity contribution in [3.05, 3.63) is 82.6 Å². The number of rotatable bonds is 6. The van der Waals surface area contributed by atoms with E-state index in [0.717, 1.165) is 59.8 Å². The molecule has 0 radical (unpaired) electrons. The Bertz CT molecular complexity index is 1430. The van der Waals surface area contributed by atoms with Gasteiger partial charge in [-0.1, -0.05) is 30.3 Å². The van der Waals surface area contributed by atoms with Crippen LogP contribution in [0.4, 0.5) is 5.82 Å². The minimum absolute atomic E-state index is 0.00116. The van der Waals surface area contributed by atoms with E-state index in [1.807, 2.05) is 64.2 Å². The van der Waals surface area contributed by atoms with Crippen molar-refractivity contribution in [1.29, 1.82) is 0 Å². The molecule has 194 valence electrons. The summed E-state index contributed by atoms with van der Waals surface area (Å²) >= 11 is 3.24. The topological polar surface area (TPSA) is 67.7 Å². The first-order valence-electron chi connectivity index (χ1n) is 12.7. The average Bonchev–Trinajstić information content (AvgIpc) is 3.73. The van der Waals surface area contributed by atoms with Crippen LogP contribution in [0, 0.1) is 0 Å². The Morgan fingerprint density at radius 1 is 1.05 bits per heavy atom. The van der Waals surface area contributed by atoms with Crippen molar-refractivity contribution in [3.8, 4) is 22.7 Å². The smallest absolute Gasteiger partial charge is 0.242 e. The van der Waals surface area contributed by atoms with Crippen molar-refractivity contribution < 1.29 is 14.3 Å². The van der Waals surface area contributed by atoms with E-state index < -0.39 is 0 Å². The molecule has 1 atom stereocenters. The molecule has 4 aromatic rings. The number of methoxy groups -OCH3 is 1. The molecule has 2 aromatic heterocycles. The van der Waals surface area contributed by atoms with E-state index in [4.69, 9.17) is 9.84 Å². The number of ether oxygens (including phenoxy) is 1. The van der Waals surface area contributed by atoms with Crippen molar-refractivity contribution in [2.45, 2.75) is 18.1 Å². The normalized spacial score (nSPS) is 17.4. The lowest BCUT2D eigenvalue weighted by Gasteiger charge is -2.25. The Balaban J connectivity index is 1.58. The predicted octanol–water partition coefficient (Wildman–Crippen LogP) is 5.40. The van der Waals surface area contributed by atoms with Gasteiger partial charge in [0.1, 0.15) is 18.1 Å². The van der Waals surface area contributed by atoms with Crippen molar-refractivity contribution >= 4 is 40.7 Å². The van der Waals surface area contributed by atoms with E-state index in [0.29, 0.717) is 5.82 Å². The zero-order valence-electron chi connectivity index (χ0n) is 21.1. The molecule has 9 heteroatoms. The van der Waals surface area contributed by atoms with E-state index >= 15 is 0 Å². The fourth-order valence-corrected chi connectivity index (χ4v) is 7.08. The third-order valence-corrected chi connectivity index (χ3v) is 9.01. The lowest BCUT2D eigenvalue weighted by molar-refractivity contribution is -0.130. The average molecular weight is 545 g/mol. The standard InChI is InChI=1S/C29H28N4O3S2/c1-36-23-11-9-22(10-12-23)33-29-26(27(30-33)20-7-3-2-4-8-20)28(21-13-16-37-18-21)38-19-25(35)32(29)17-24(34)31-14-5-6-15-31/h2-4,7-13,16,18,28H,5-6,14-15,17,19H2,1H3/t28-/m1/s1. The van der Waals surface area contributed by atoms with E-state index in [1.165, 1.54) is 0 Å². The first-order valence-corrected chi connectivity index (χ1v) is 14.7. The molecule has 4 heterocycles. The third kappa shape index (κ3) is 4.61. The Morgan fingerprint density at radius 3 is 2.50 bits per heavy atom. The molecule has 38 heavy (non-hydrogen) atoms. The summed E-state index contributed by atoms with van der Waals surface area (Å²) in [5.41, 5.74) is 4.67. The summed E-state index contributed by atoms with van der Waals surface area (Å²) in [6.07, 6.45) is 2.01. The highest BCUT2D eigenvalue weighted by Crippen LogP contribution is 2.49. The Hall–Kier alpha value is -3.56. The molecule has 0 bridgehead atoms. The number of thiophene rings is 1. The van der Waals surface area contributed by atoms with Gasteiger partial charge in [-0.05, 0) is 59.5 Å².